The first-order valence-corrected chi connectivity index (χ1v) is 8.73. The fourth-order valence-corrected chi connectivity index (χ4v) is 2.91. The van der Waals surface area contributed by atoms with E-state index in [1.54, 1.807) is 13.0 Å². The van der Waals surface area contributed by atoms with Gasteiger partial charge in [-0.3, -0.25) is 0 Å². The van der Waals surface area contributed by atoms with Crippen LogP contribution in [-0.2, 0) is 6.18 Å². The molecule has 1 aromatic heterocycles. The molecule has 3 nitrogen and oxygen atoms in total. The van der Waals surface area contributed by atoms with E-state index >= 15 is 0 Å². The van der Waals surface area contributed by atoms with Gasteiger partial charge in [-0.1, -0.05) is 27.5 Å². The van der Waals surface area contributed by atoms with Gasteiger partial charge < -0.3 is 9.47 Å². The van der Waals surface area contributed by atoms with E-state index in [-0.39, 0.29) is 29.1 Å². The van der Waals surface area contributed by atoms with Gasteiger partial charge in [0.25, 0.3) is 5.88 Å². The molecule has 26 heavy (non-hydrogen) atoms. The van der Waals surface area contributed by atoms with E-state index in [1.165, 1.54) is 36.4 Å². The molecule has 0 aliphatic heterocycles. The molecule has 1 heterocycles. The maximum absolute atomic E-state index is 13.9. The first-order chi connectivity index (χ1) is 12.3. The maximum Gasteiger partial charge on any atom is 0.420 e. The number of halogens is 5. The average molecular weight is 447 g/mol. The van der Waals surface area contributed by atoms with Gasteiger partial charge in [0, 0.05) is 14.9 Å². The van der Waals surface area contributed by atoms with Crippen LogP contribution in [0, 0.1) is 0 Å². The Morgan fingerprint density at radius 3 is 2.42 bits per heavy atom. The number of aromatic nitrogens is 1. The molecule has 0 saturated heterocycles. The van der Waals surface area contributed by atoms with Crippen molar-refractivity contribution >= 4 is 38.4 Å². The molecule has 0 radical (unpaired) electrons. The zero-order chi connectivity index (χ0) is 18.9. The number of hydrogen-bond acceptors (Lipinski definition) is 3. The number of hydrogen-bond donors (Lipinski definition) is 0. The molecule has 0 fully saturated rings. The van der Waals surface area contributed by atoms with Gasteiger partial charge in [-0.2, -0.15) is 13.2 Å². The highest BCUT2D eigenvalue weighted by atomic mass is 79.9. The van der Waals surface area contributed by atoms with Crippen molar-refractivity contribution in [2.45, 2.75) is 13.1 Å². The zero-order valence-corrected chi connectivity index (χ0v) is 15.7. The van der Waals surface area contributed by atoms with Gasteiger partial charge in [-0.05, 0) is 49.4 Å². The van der Waals surface area contributed by atoms with Crippen LogP contribution >= 0.6 is 27.5 Å². The summed E-state index contributed by atoms with van der Waals surface area (Å²) < 4.78 is 53.1. The van der Waals surface area contributed by atoms with Gasteiger partial charge in [0.05, 0.1) is 12.1 Å². The van der Waals surface area contributed by atoms with Gasteiger partial charge in [0.15, 0.2) is 0 Å². The van der Waals surface area contributed by atoms with E-state index < -0.39 is 17.5 Å². The smallest absolute Gasteiger partial charge is 0.420 e. The molecule has 0 amide bonds. The summed E-state index contributed by atoms with van der Waals surface area (Å²) >= 11 is 9.02. The molecule has 3 aromatic rings. The van der Waals surface area contributed by atoms with Gasteiger partial charge in [-0.25, -0.2) is 4.98 Å². The minimum absolute atomic E-state index is 0.0840. The lowest BCUT2D eigenvalue weighted by Gasteiger charge is -2.19. The van der Waals surface area contributed by atoms with Crippen LogP contribution in [0.4, 0.5) is 13.2 Å². The Bertz CT molecular complexity index is 946. The predicted molar refractivity (Wildman–Crippen MR) is 97.1 cm³/mol. The summed E-state index contributed by atoms with van der Waals surface area (Å²) in [5.41, 5.74) is -0.783. The number of alkyl halides is 3. The van der Waals surface area contributed by atoms with Crippen molar-refractivity contribution in [3.8, 4) is 17.4 Å². The molecule has 0 saturated carbocycles. The van der Waals surface area contributed by atoms with Gasteiger partial charge in [-0.15, -0.1) is 0 Å². The molecule has 136 valence electrons. The van der Waals surface area contributed by atoms with Crippen molar-refractivity contribution in [2.24, 2.45) is 0 Å². The largest absolute Gasteiger partial charge is 0.475 e. The summed E-state index contributed by atoms with van der Waals surface area (Å²) in [6, 6.07) is 10.5. The van der Waals surface area contributed by atoms with E-state index in [9.17, 15) is 13.2 Å². The SMILES string of the molecule is CCOc1nc2ccc(Br)cc2c(C(F)(F)F)c1Oc1ccc(Cl)cc1. The van der Waals surface area contributed by atoms with Crippen molar-refractivity contribution in [3.05, 3.63) is 57.5 Å². The highest BCUT2D eigenvalue weighted by molar-refractivity contribution is 9.10. The third-order valence-corrected chi connectivity index (χ3v) is 4.21. The molecule has 8 heteroatoms. The van der Waals surface area contributed by atoms with Crippen molar-refractivity contribution in [2.75, 3.05) is 6.61 Å². The Morgan fingerprint density at radius 1 is 1.12 bits per heavy atom. The summed E-state index contributed by atoms with van der Waals surface area (Å²) in [5.74, 6) is -0.506. The summed E-state index contributed by atoms with van der Waals surface area (Å²) in [4.78, 5) is 4.20. The Hall–Kier alpha value is -1.99. The van der Waals surface area contributed by atoms with Crippen LogP contribution in [0.15, 0.2) is 46.9 Å². The molecule has 0 N–H and O–H groups in total. The second-order valence-corrected chi connectivity index (χ2v) is 6.62. The fraction of sp³-hybridized carbons (Fsp3) is 0.167. The highest BCUT2D eigenvalue weighted by Crippen LogP contribution is 2.47. The molecule has 2 aromatic carbocycles. The average Bonchev–Trinajstić information content (AvgIpc) is 2.56. The van der Waals surface area contributed by atoms with Gasteiger partial charge in [0.2, 0.25) is 5.75 Å². The molecular weight excluding hydrogens is 435 g/mol. The molecule has 0 atom stereocenters. The lowest BCUT2D eigenvalue weighted by atomic mass is 10.1. The van der Waals surface area contributed by atoms with E-state index in [1.807, 2.05) is 0 Å². The number of pyridine rings is 1. The van der Waals surface area contributed by atoms with Crippen LogP contribution in [-0.4, -0.2) is 11.6 Å². The van der Waals surface area contributed by atoms with Crippen LogP contribution in [0.3, 0.4) is 0 Å². The predicted octanol–water partition coefficient (Wildman–Crippen LogP) is 6.86. The minimum Gasteiger partial charge on any atom is -0.475 e. The molecule has 3 rings (SSSR count). The van der Waals surface area contributed by atoms with E-state index in [0.29, 0.717) is 9.50 Å². The lowest BCUT2D eigenvalue weighted by Crippen LogP contribution is -2.11. The molecule has 0 unspecified atom stereocenters. The fourth-order valence-electron chi connectivity index (χ4n) is 2.43. The van der Waals surface area contributed by atoms with Crippen LogP contribution in [0.5, 0.6) is 17.4 Å². The summed E-state index contributed by atoms with van der Waals surface area (Å²) in [7, 11) is 0. The maximum atomic E-state index is 13.9. The van der Waals surface area contributed by atoms with Crippen LogP contribution in [0.2, 0.25) is 5.02 Å². The molecular formula is C18H12BrClF3NO2. The van der Waals surface area contributed by atoms with E-state index in [4.69, 9.17) is 21.1 Å². The molecule has 0 aliphatic carbocycles. The number of benzene rings is 2. The second kappa shape index (κ2) is 7.32. The Labute approximate surface area is 160 Å². The molecule has 0 aliphatic rings. The third-order valence-electron chi connectivity index (χ3n) is 3.47. The minimum atomic E-state index is -4.67. The van der Waals surface area contributed by atoms with Crippen molar-refractivity contribution in [1.29, 1.82) is 0 Å². The quantitative estimate of drug-likeness (QED) is 0.439. The highest BCUT2D eigenvalue weighted by Gasteiger charge is 2.39. The first kappa shape index (κ1) is 18.8. The normalized spacial score (nSPS) is 11.6. The van der Waals surface area contributed by atoms with Crippen LogP contribution < -0.4 is 9.47 Å². The monoisotopic (exact) mass is 445 g/mol. The number of fused-ring (bicyclic) bond motifs is 1. The Balaban J connectivity index is 2.29. The zero-order valence-electron chi connectivity index (χ0n) is 13.4. The van der Waals surface area contributed by atoms with Crippen LogP contribution in [0.1, 0.15) is 12.5 Å². The molecule has 0 spiro atoms. The van der Waals surface area contributed by atoms with Gasteiger partial charge in [0.1, 0.15) is 11.3 Å². The molecule has 0 bridgehead atoms. The van der Waals surface area contributed by atoms with Crippen molar-refractivity contribution < 1.29 is 22.6 Å². The Morgan fingerprint density at radius 2 is 1.81 bits per heavy atom. The van der Waals surface area contributed by atoms with Crippen LogP contribution in [0.25, 0.3) is 10.9 Å². The summed E-state index contributed by atoms with van der Waals surface area (Å²) in [6.07, 6.45) is -4.67. The second-order valence-electron chi connectivity index (χ2n) is 5.27. The van der Waals surface area contributed by atoms with Gasteiger partial charge >= 0.3 is 6.18 Å². The summed E-state index contributed by atoms with van der Waals surface area (Å²) in [6.45, 7) is 1.80. The third kappa shape index (κ3) is 3.88. The lowest BCUT2D eigenvalue weighted by molar-refractivity contribution is -0.137. The topological polar surface area (TPSA) is 31.4 Å². The van der Waals surface area contributed by atoms with E-state index in [2.05, 4.69) is 20.9 Å². The van der Waals surface area contributed by atoms with Crippen molar-refractivity contribution in [1.82, 2.24) is 4.98 Å². The standard InChI is InChI=1S/C18H12BrClF3NO2/c1-2-25-17-16(26-12-6-4-11(20)5-7-12)15(18(21,22)23)13-9-10(19)3-8-14(13)24-17/h3-9H,2H2,1H3. The van der Waals surface area contributed by atoms with Crippen molar-refractivity contribution in [3.63, 3.8) is 0 Å². The number of ether oxygens (including phenoxy) is 2. The Kier molecular flexibility index (Phi) is 5.29. The van der Waals surface area contributed by atoms with E-state index in [0.717, 1.165) is 0 Å². The number of nitrogens with zero attached hydrogens (tertiary/aromatic N) is 1. The number of rotatable bonds is 4. The summed E-state index contributed by atoms with van der Waals surface area (Å²) in [5, 5.41) is 0.360. The first-order valence-electron chi connectivity index (χ1n) is 7.56.